The molecule has 1 atom stereocenters. The van der Waals surface area contributed by atoms with Gasteiger partial charge in [0.05, 0.1) is 5.60 Å². The summed E-state index contributed by atoms with van der Waals surface area (Å²) in [5.41, 5.74) is 0.274. The molecule has 0 aromatic carbocycles. The van der Waals surface area contributed by atoms with E-state index in [4.69, 9.17) is 0 Å². The SMILES string of the molecule is CCCC(C)(O)CNc1nc(C(C)C)nc(NCC)c1C. The van der Waals surface area contributed by atoms with E-state index in [2.05, 4.69) is 48.3 Å². The molecule has 1 aromatic heterocycles. The Labute approximate surface area is 128 Å². The first-order valence-electron chi connectivity index (χ1n) is 7.89. The van der Waals surface area contributed by atoms with Crippen LogP contribution in [0.5, 0.6) is 0 Å². The number of anilines is 2. The molecule has 0 bridgehead atoms. The fourth-order valence-electron chi connectivity index (χ4n) is 2.20. The monoisotopic (exact) mass is 294 g/mol. The second-order valence-electron chi connectivity index (χ2n) is 6.19. The normalized spacial score (nSPS) is 14.1. The van der Waals surface area contributed by atoms with Gasteiger partial charge in [-0.2, -0.15) is 0 Å². The summed E-state index contributed by atoms with van der Waals surface area (Å²) in [4.78, 5) is 9.18. The van der Waals surface area contributed by atoms with Crippen LogP contribution in [0.4, 0.5) is 11.6 Å². The number of rotatable bonds is 8. The van der Waals surface area contributed by atoms with Gasteiger partial charge in [-0.3, -0.25) is 0 Å². The smallest absolute Gasteiger partial charge is 0.135 e. The first kappa shape index (κ1) is 17.7. The van der Waals surface area contributed by atoms with E-state index in [9.17, 15) is 5.11 Å². The molecule has 0 saturated carbocycles. The fraction of sp³-hybridized carbons (Fsp3) is 0.750. The molecule has 1 unspecified atom stereocenters. The Hall–Kier alpha value is -1.36. The van der Waals surface area contributed by atoms with Crippen molar-refractivity contribution in [3.05, 3.63) is 11.4 Å². The third kappa shape index (κ3) is 5.16. The molecule has 21 heavy (non-hydrogen) atoms. The highest BCUT2D eigenvalue weighted by Gasteiger charge is 2.20. The van der Waals surface area contributed by atoms with Crippen molar-refractivity contribution < 1.29 is 5.11 Å². The molecule has 0 aliphatic heterocycles. The van der Waals surface area contributed by atoms with Crippen molar-refractivity contribution in [3.63, 3.8) is 0 Å². The molecule has 0 fully saturated rings. The van der Waals surface area contributed by atoms with E-state index in [1.54, 1.807) is 0 Å². The predicted octanol–water partition coefficient (Wildman–Crippen LogP) is 3.30. The van der Waals surface area contributed by atoms with E-state index in [-0.39, 0.29) is 5.92 Å². The maximum atomic E-state index is 10.3. The average molecular weight is 294 g/mol. The van der Waals surface area contributed by atoms with Gasteiger partial charge in [0, 0.05) is 24.6 Å². The van der Waals surface area contributed by atoms with E-state index >= 15 is 0 Å². The molecule has 0 saturated heterocycles. The van der Waals surface area contributed by atoms with Crippen molar-refractivity contribution in [2.24, 2.45) is 0 Å². The molecule has 0 aliphatic rings. The van der Waals surface area contributed by atoms with Crippen LogP contribution in [0, 0.1) is 6.92 Å². The van der Waals surface area contributed by atoms with Crippen LogP contribution in [0.25, 0.3) is 0 Å². The van der Waals surface area contributed by atoms with Gasteiger partial charge in [0.2, 0.25) is 0 Å². The van der Waals surface area contributed by atoms with E-state index in [1.807, 2.05) is 13.8 Å². The Morgan fingerprint density at radius 1 is 1.14 bits per heavy atom. The topological polar surface area (TPSA) is 70.1 Å². The molecule has 1 rings (SSSR count). The van der Waals surface area contributed by atoms with Crippen molar-refractivity contribution in [1.82, 2.24) is 9.97 Å². The Morgan fingerprint density at radius 3 is 2.19 bits per heavy atom. The Balaban J connectivity index is 2.99. The van der Waals surface area contributed by atoms with E-state index in [1.165, 1.54) is 0 Å². The number of hydrogen-bond donors (Lipinski definition) is 3. The van der Waals surface area contributed by atoms with Crippen molar-refractivity contribution >= 4 is 11.6 Å². The summed E-state index contributed by atoms with van der Waals surface area (Å²) in [7, 11) is 0. The second kappa shape index (κ2) is 7.59. The molecule has 0 amide bonds. The molecule has 0 aliphatic carbocycles. The van der Waals surface area contributed by atoms with Gasteiger partial charge in [-0.1, -0.05) is 27.2 Å². The van der Waals surface area contributed by atoms with E-state index in [0.717, 1.165) is 42.4 Å². The van der Waals surface area contributed by atoms with Gasteiger partial charge in [-0.15, -0.1) is 0 Å². The Morgan fingerprint density at radius 2 is 1.71 bits per heavy atom. The zero-order chi connectivity index (χ0) is 16.0. The second-order valence-corrected chi connectivity index (χ2v) is 6.19. The first-order chi connectivity index (χ1) is 9.80. The van der Waals surface area contributed by atoms with E-state index < -0.39 is 5.60 Å². The van der Waals surface area contributed by atoms with Crippen molar-refractivity contribution in [3.8, 4) is 0 Å². The van der Waals surface area contributed by atoms with Crippen molar-refractivity contribution in [1.29, 1.82) is 0 Å². The molecule has 0 radical (unpaired) electrons. The molecular weight excluding hydrogens is 264 g/mol. The van der Waals surface area contributed by atoms with Crippen LogP contribution in [-0.4, -0.2) is 33.8 Å². The fourth-order valence-corrected chi connectivity index (χ4v) is 2.20. The molecule has 1 heterocycles. The lowest BCUT2D eigenvalue weighted by Gasteiger charge is -2.24. The van der Waals surface area contributed by atoms with Crippen LogP contribution in [-0.2, 0) is 0 Å². The van der Waals surface area contributed by atoms with Gasteiger partial charge in [-0.25, -0.2) is 9.97 Å². The lowest BCUT2D eigenvalue weighted by molar-refractivity contribution is 0.0636. The summed E-state index contributed by atoms with van der Waals surface area (Å²) in [6.07, 6.45) is 1.72. The standard InChI is InChI=1S/C16H30N4O/c1-7-9-16(6,21)10-18-15-12(5)14(17-8-2)19-13(20-15)11(3)4/h11,21H,7-10H2,1-6H3,(H2,17,18,19,20). The summed E-state index contributed by atoms with van der Waals surface area (Å²) in [5, 5.41) is 16.9. The summed E-state index contributed by atoms with van der Waals surface area (Å²) >= 11 is 0. The van der Waals surface area contributed by atoms with Crippen LogP contribution >= 0.6 is 0 Å². The van der Waals surface area contributed by atoms with Crippen LogP contribution in [0.1, 0.15) is 64.8 Å². The predicted molar refractivity (Wildman–Crippen MR) is 89.0 cm³/mol. The largest absolute Gasteiger partial charge is 0.388 e. The lowest BCUT2D eigenvalue weighted by atomic mass is 10.0. The van der Waals surface area contributed by atoms with Gasteiger partial charge in [0.15, 0.2) is 0 Å². The molecule has 1 aromatic rings. The van der Waals surface area contributed by atoms with Crippen LogP contribution in [0.2, 0.25) is 0 Å². The highest BCUT2D eigenvalue weighted by molar-refractivity contribution is 5.57. The molecular formula is C16H30N4O. The highest BCUT2D eigenvalue weighted by atomic mass is 16.3. The maximum Gasteiger partial charge on any atom is 0.135 e. The number of nitrogens with zero attached hydrogens (tertiary/aromatic N) is 2. The minimum atomic E-state index is -0.720. The molecule has 5 nitrogen and oxygen atoms in total. The van der Waals surface area contributed by atoms with Gasteiger partial charge >= 0.3 is 0 Å². The Bertz CT molecular complexity index is 458. The van der Waals surface area contributed by atoms with Gasteiger partial charge < -0.3 is 15.7 Å². The molecule has 5 heteroatoms. The van der Waals surface area contributed by atoms with Crippen LogP contribution in [0.15, 0.2) is 0 Å². The quantitative estimate of drug-likeness (QED) is 0.686. The molecule has 3 N–H and O–H groups in total. The highest BCUT2D eigenvalue weighted by Crippen LogP contribution is 2.24. The summed E-state index contributed by atoms with van der Waals surface area (Å²) < 4.78 is 0. The molecule has 120 valence electrons. The van der Waals surface area contributed by atoms with E-state index in [0.29, 0.717) is 6.54 Å². The average Bonchev–Trinajstić information content (AvgIpc) is 2.39. The van der Waals surface area contributed by atoms with Crippen LogP contribution < -0.4 is 10.6 Å². The zero-order valence-electron chi connectivity index (χ0n) is 14.2. The molecule has 0 spiro atoms. The van der Waals surface area contributed by atoms with Crippen molar-refractivity contribution in [2.45, 2.75) is 65.9 Å². The number of nitrogens with one attached hydrogen (secondary N) is 2. The summed E-state index contributed by atoms with van der Waals surface area (Å²) in [5.74, 6) is 2.75. The van der Waals surface area contributed by atoms with Crippen LogP contribution in [0.3, 0.4) is 0 Å². The van der Waals surface area contributed by atoms with Gasteiger partial charge in [0.25, 0.3) is 0 Å². The maximum absolute atomic E-state index is 10.3. The number of hydrogen-bond acceptors (Lipinski definition) is 5. The zero-order valence-corrected chi connectivity index (χ0v) is 14.2. The first-order valence-corrected chi connectivity index (χ1v) is 7.89. The minimum Gasteiger partial charge on any atom is -0.388 e. The lowest BCUT2D eigenvalue weighted by Crippen LogP contribution is -2.33. The van der Waals surface area contributed by atoms with Crippen molar-refractivity contribution in [2.75, 3.05) is 23.7 Å². The third-order valence-corrected chi connectivity index (χ3v) is 3.45. The van der Waals surface area contributed by atoms with Gasteiger partial charge in [0.1, 0.15) is 17.5 Å². The minimum absolute atomic E-state index is 0.264. The third-order valence-electron chi connectivity index (χ3n) is 3.45. The summed E-state index contributed by atoms with van der Waals surface area (Å²) in [6, 6.07) is 0. The summed E-state index contributed by atoms with van der Waals surface area (Å²) in [6.45, 7) is 13.5. The number of aliphatic hydroxyl groups is 1. The van der Waals surface area contributed by atoms with Gasteiger partial charge in [-0.05, 0) is 27.2 Å². The number of aromatic nitrogens is 2. The Kier molecular flexibility index (Phi) is 6.40.